The molecule has 2 N–H and O–H groups in total. The molecule has 3 heteroatoms. The molecule has 0 aliphatic carbocycles. The minimum atomic E-state index is -0.169. The van der Waals surface area contributed by atoms with Gasteiger partial charge in [0.05, 0.1) is 0 Å². The lowest BCUT2D eigenvalue weighted by molar-refractivity contribution is 0.216. The molecule has 3 nitrogen and oxygen atoms in total. The van der Waals surface area contributed by atoms with Crippen LogP contribution in [0.5, 0.6) is 5.75 Å². The Morgan fingerprint density at radius 2 is 1.90 bits per heavy atom. The molecule has 21 heavy (non-hydrogen) atoms. The van der Waals surface area contributed by atoms with E-state index in [9.17, 15) is 0 Å². The van der Waals surface area contributed by atoms with E-state index < -0.39 is 0 Å². The van der Waals surface area contributed by atoms with Crippen molar-refractivity contribution in [1.29, 1.82) is 0 Å². The largest absolute Gasteiger partial charge is 0.482 e. The molecular weight excluding hydrogens is 260 g/mol. The second kappa shape index (κ2) is 5.94. The fourth-order valence-electron chi connectivity index (χ4n) is 2.45. The van der Waals surface area contributed by atoms with E-state index in [1.165, 1.54) is 5.56 Å². The van der Waals surface area contributed by atoms with Gasteiger partial charge in [0, 0.05) is 18.1 Å². The molecule has 0 spiro atoms. The number of aromatic nitrogens is 1. The number of pyridine rings is 1. The fourth-order valence-corrected chi connectivity index (χ4v) is 2.45. The Kier molecular flexibility index (Phi) is 3.84. The summed E-state index contributed by atoms with van der Waals surface area (Å²) in [5.41, 5.74) is 9.06. The van der Waals surface area contributed by atoms with Crippen molar-refractivity contribution in [1.82, 2.24) is 4.98 Å². The fraction of sp³-hybridized carbons (Fsp3) is 0.167. The highest BCUT2D eigenvalue weighted by atomic mass is 16.5. The molecular formula is C18H18N2O. The Bertz CT molecular complexity index is 750. The summed E-state index contributed by atoms with van der Waals surface area (Å²) in [6.45, 7) is 2.49. The second-order valence-electron chi connectivity index (χ2n) is 5.09. The van der Waals surface area contributed by atoms with Gasteiger partial charge in [-0.05, 0) is 24.6 Å². The van der Waals surface area contributed by atoms with Gasteiger partial charge in [0.2, 0.25) is 0 Å². The highest BCUT2D eigenvalue weighted by Crippen LogP contribution is 2.28. The van der Waals surface area contributed by atoms with Gasteiger partial charge in [0.15, 0.2) is 0 Å². The van der Waals surface area contributed by atoms with Crippen LogP contribution in [0.15, 0.2) is 60.8 Å². The molecule has 0 saturated heterocycles. The number of rotatable bonds is 4. The smallest absolute Gasteiger partial charge is 0.146 e. The minimum absolute atomic E-state index is 0.169. The van der Waals surface area contributed by atoms with Crippen LogP contribution in [0.1, 0.15) is 17.2 Å². The normalized spacial score (nSPS) is 12.3. The predicted octanol–water partition coefficient (Wildman–Crippen LogP) is 3.62. The monoisotopic (exact) mass is 278 g/mol. The Morgan fingerprint density at radius 1 is 1.10 bits per heavy atom. The van der Waals surface area contributed by atoms with E-state index in [2.05, 4.69) is 24.0 Å². The number of nitrogens with zero attached hydrogens (tertiary/aromatic N) is 1. The Labute approximate surface area is 124 Å². The molecule has 1 heterocycles. The van der Waals surface area contributed by atoms with E-state index in [1.54, 1.807) is 6.20 Å². The Balaban J connectivity index is 1.96. The molecule has 0 amide bonds. The van der Waals surface area contributed by atoms with Gasteiger partial charge in [-0.25, -0.2) is 0 Å². The van der Waals surface area contributed by atoms with Crippen molar-refractivity contribution < 1.29 is 4.74 Å². The molecule has 0 aliphatic rings. The first-order valence-corrected chi connectivity index (χ1v) is 7.05. The lowest BCUT2D eigenvalue weighted by Crippen LogP contribution is -2.18. The van der Waals surface area contributed by atoms with Gasteiger partial charge in [-0.1, -0.05) is 48.0 Å². The molecule has 106 valence electrons. The van der Waals surface area contributed by atoms with Gasteiger partial charge in [0.1, 0.15) is 17.4 Å². The van der Waals surface area contributed by atoms with Gasteiger partial charge in [0.25, 0.3) is 0 Å². The van der Waals surface area contributed by atoms with Crippen LogP contribution in [0.2, 0.25) is 0 Å². The Hall–Kier alpha value is -2.39. The summed E-state index contributed by atoms with van der Waals surface area (Å²) in [4.78, 5) is 4.41. The standard InChI is InChI=1S/C18H18N2O/c1-13-5-2-7-15(11-13)17(12-19)21-16-9-3-6-14-8-4-10-20-18(14)16/h2-11,17H,12,19H2,1H3. The van der Waals surface area contributed by atoms with Crippen molar-refractivity contribution in [2.75, 3.05) is 6.54 Å². The molecule has 0 saturated carbocycles. The highest BCUT2D eigenvalue weighted by molar-refractivity contribution is 5.84. The zero-order valence-electron chi connectivity index (χ0n) is 12.0. The van der Waals surface area contributed by atoms with Gasteiger partial charge in [-0.3, -0.25) is 4.98 Å². The molecule has 2 aromatic carbocycles. The maximum absolute atomic E-state index is 6.13. The second-order valence-corrected chi connectivity index (χ2v) is 5.09. The lowest BCUT2D eigenvalue weighted by atomic mass is 10.1. The van der Waals surface area contributed by atoms with Crippen LogP contribution in [0.3, 0.4) is 0 Å². The molecule has 0 radical (unpaired) electrons. The van der Waals surface area contributed by atoms with Crippen LogP contribution in [0.25, 0.3) is 10.9 Å². The number of nitrogens with two attached hydrogens (primary N) is 1. The third-order valence-corrected chi connectivity index (χ3v) is 3.49. The number of fused-ring (bicyclic) bond motifs is 1. The van der Waals surface area contributed by atoms with E-state index >= 15 is 0 Å². The molecule has 0 fully saturated rings. The molecule has 1 unspecified atom stereocenters. The van der Waals surface area contributed by atoms with Crippen LogP contribution in [-0.2, 0) is 0 Å². The van der Waals surface area contributed by atoms with Crippen molar-refractivity contribution in [3.8, 4) is 5.75 Å². The van der Waals surface area contributed by atoms with Gasteiger partial charge in [-0.2, -0.15) is 0 Å². The zero-order chi connectivity index (χ0) is 14.7. The summed E-state index contributed by atoms with van der Waals surface area (Å²) in [6.07, 6.45) is 1.61. The van der Waals surface area contributed by atoms with E-state index in [0.29, 0.717) is 6.54 Å². The third-order valence-electron chi connectivity index (χ3n) is 3.49. The van der Waals surface area contributed by atoms with Crippen molar-refractivity contribution in [3.63, 3.8) is 0 Å². The summed E-state index contributed by atoms with van der Waals surface area (Å²) in [6, 6.07) is 18.1. The number of aryl methyl sites for hydroxylation is 1. The first kappa shape index (κ1) is 13.6. The summed E-state index contributed by atoms with van der Waals surface area (Å²) < 4.78 is 6.13. The van der Waals surface area contributed by atoms with E-state index in [4.69, 9.17) is 10.5 Å². The number of ether oxygens (including phenoxy) is 1. The van der Waals surface area contributed by atoms with Gasteiger partial charge in [-0.15, -0.1) is 0 Å². The van der Waals surface area contributed by atoms with Gasteiger partial charge >= 0.3 is 0 Å². The summed E-state index contributed by atoms with van der Waals surface area (Å²) in [5.74, 6) is 0.769. The van der Waals surface area contributed by atoms with Crippen molar-refractivity contribution >= 4 is 10.9 Å². The Morgan fingerprint density at radius 3 is 2.71 bits per heavy atom. The maximum atomic E-state index is 6.13. The highest BCUT2D eigenvalue weighted by Gasteiger charge is 2.13. The average molecular weight is 278 g/mol. The van der Waals surface area contributed by atoms with Crippen molar-refractivity contribution in [3.05, 3.63) is 71.9 Å². The molecule has 1 atom stereocenters. The van der Waals surface area contributed by atoms with Crippen LogP contribution >= 0.6 is 0 Å². The first-order valence-electron chi connectivity index (χ1n) is 7.05. The average Bonchev–Trinajstić information content (AvgIpc) is 2.52. The number of hydrogen-bond donors (Lipinski definition) is 1. The summed E-state index contributed by atoms with van der Waals surface area (Å²) in [7, 11) is 0. The summed E-state index contributed by atoms with van der Waals surface area (Å²) in [5, 5.41) is 1.06. The topological polar surface area (TPSA) is 48.1 Å². The third kappa shape index (κ3) is 2.88. The van der Waals surface area contributed by atoms with E-state index in [0.717, 1.165) is 22.2 Å². The molecule has 3 aromatic rings. The first-order chi connectivity index (χ1) is 10.3. The van der Waals surface area contributed by atoms with Gasteiger partial charge < -0.3 is 10.5 Å². The van der Waals surface area contributed by atoms with E-state index in [1.807, 2.05) is 42.5 Å². The lowest BCUT2D eigenvalue weighted by Gasteiger charge is -2.19. The van der Waals surface area contributed by atoms with Crippen LogP contribution < -0.4 is 10.5 Å². The molecule has 0 bridgehead atoms. The zero-order valence-corrected chi connectivity index (χ0v) is 12.0. The number of hydrogen-bond acceptors (Lipinski definition) is 3. The minimum Gasteiger partial charge on any atom is -0.482 e. The molecule has 0 aliphatic heterocycles. The number of para-hydroxylation sites is 1. The molecule has 1 aromatic heterocycles. The van der Waals surface area contributed by atoms with Crippen molar-refractivity contribution in [2.24, 2.45) is 5.73 Å². The molecule has 3 rings (SSSR count). The SMILES string of the molecule is Cc1cccc(C(CN)Oc2cccc3cccnc23)c1. The van der Waals surface area contributed by atoms with Crippen LogP contribution in [-0.4, -0.2) is 11.5 Å². The summed E-state index contributed by atoms with van der Waals surface area (Å²) >= 11 is 0. The van der Waals surface area contributed by atoms with Crippen molar-refractivity contribution in [2.45, 2.75) is 13.0 Å². The number of benzene rings is 2. The maximum Gasteiger partial charge on any atom is 0.146 e. The predicted molar refractivity (Wildman–Crippen MR) is 85.3 cm³/mol. The van der Waals surface area contributed by atoms with Crippen LogP contribution in [0, 0.1) is 6.92 Å². The van der Waals surface area contributed by atoms with E-state index in [-0.39, 0.29) is 6.10 Å². The van der Waals surface area contributed by atoms with Crippen LogP contribution in [0.4, 0.5) is 0 Å². The quantitative estimate of drug-likeness (QED) is 0.793.